The first-order chi connectivity index (χ1) is 15.4. The molecule has 0 aliphatic carbocycles. The lowest BCUT2D eigenvalue weighted by atomic mass is 10.2. The normalized spacial score (nSPS) is 17.2. The summed E-state index contributed by atoms with van der Waals surface area (Å²) < 4.78 is 29.8. The van der Waals surface area contributed by atoms with Crippen molar-refractivity contribution in [3.05, 3.63) is 52.6 Å². The lowest BCUT2D eigenvalue weighted by Crippen LogP contribution is -2.28. The third kappa shape index (κ3) is 3.40. The largest absolute Gasteiger partial charge is 0.482 e. The molecule has 0 unspecified atom stereocenters. The monoisotopic (exact) mass is 456 g/mol. The number of carbonyl (C=O) groups excluding carboxylic acids is 2. The summed E-state index contributed by atoms with van der Waals surface area (Å²) in [7, 11) is 1.32. The Morgan fingerprint density at radius 1 is 1.38 bits per heavy atom. The fourth-order valence-electron chi connectivity index (χ4n) is 3.70. The first kappa shape index (κ1) is 20.2. The van der Waals surface area contributed by atoms with Gasteiger partial charge in [-0.05, 0) is 30.7 Å². The highest BCUT2D eigenvalue weighted by atomic mass is 32.1. The van der Waals surface area contributed by atoms with Gasteiger partial charge in [0.25, 0.3) is 0 Å². The van der Waals surface area contributed by atoms with E-state index >= 15 is 0 Å². The molecular formula is C21H17FN4O5S. The molecule has 1 amide bonds. The third-order valence-corrected chi connectivity index (χ3v) is 6.40. The van der Waals surface area contributed by atoms with Crippen LogP contribution in [0.1, 0.15) is 15.2 Å². The topological polar surface area (TPSA) is 103 Å². The lowest BCUT2D eigenvalue weighted by molar-refractivity contribution is 0.0605. The number of fused-ring (bicyclic) bond motifs is 2. The van der Waals surface area contributed by atoms with E-state index in [0.717, 1.165) is 5.70 Å². The molecule has 3 aromatic rings. The zero-order valence-electron chi connectivity index (χ0n) is 17.0. The van der Waals surface area contributed by atoms with E-state index in [-0.39, 0.29) is 18.9 Å². The van der Waals surface area contributed by atoms with Crippen molar-refractivity contribution in [2.24, 2.45) is 0 Å². The summed E-state index contributed by atoms with van der Waals surface area (Å²) >= 11 is 1.21. The number of thiophene rings is 1. The van der Waals surface area contributed by atoms with Gasteiger partial charge in [0.05, 0.1) is 30.4 Å². The van der Waals surface area contributed by atoms with Gasteiger partial charge in [0, 0.05) is 6.07 Å². The number of benzene rings is 1. The summed E-state index contributed by atoms with van der Waals surface area (Å²) in [6.45, 7) is 2.28. The number of cyclic esters (lactones) is 1. The van der Waals surface area contributed by atoms with E-state index in [1.807, 2.05) is 0 Å². The number of ether oxygens (including phenoxy) is 3. The quantitative estimate of drug-likeness (QED) is 0.579. The van der Waals surface area contributed by atoms with Gasteiger partial charge in [-0.25, -0.2) is 23.9 Å². The van der Waals surface area contributed by atoms with Crippen LogP contribution in [0.25, 0.3) is 10.2 Å². The van der Waals surface area contributed by atoms with Crippen molar-refractivity contribution in [2.75, 3.05) is 25.6 Å². The summed E-state index contributed by atoms with van der Waals surface area (Å²) in [6.07, 6.45) is 2.30. The summed E-state index contributed by atoms with van der Waals surface area (Å²) in [5.41, 5.74) is 1.89. The Morgan fingerprint density at radius 2 is 2.22 bits per heavy atom. The molecule has 11 heteroatoms. The zero-order chi connectivity index (χ0) is 22.4. The van der Waals surface area contributed by atoms with E-state index in [9.17, 15) is 14.0 Å². The zero-order valence-corrected chi connectivity index (χ0v) is 17.9. The molecule has 1 aromatic carbocycles. The average Bonchev–Trinajstić information content (AvgIpc) is 3.44. The van der Waals surface area contributed by atoms with E-state index in [4.69, 9.17) is 14.2 Å². The van der Waals surface area contributed by atoms with Gasteiger partial charge in [0.2, 0.25) is 0 Å². The molecule has 1 fully saturated rings. The van der Waals surface area contributed by atoms with Crippen LogP contribution in [0.4, 0.5) is 20.7 Å². The maximum absolute atomic E-state index is 14.0. The second kappa shape index (κ2) is 7.75. The van der Waals surface area contributed by atoms with Crippen LogP contribution in [0.15, 0.2) is 36.3 Å². The predicted octanol–water partition coefficient (Wildman–Crippen LogP) is 3.77. The van der Waals surface area contributed by atoms with Crippen molar-refractivity contribution in [2.45, 2.75) is 13.0 Å². The van der Waals surface area contributed by atoms with Crippen LogP contribution in [0.5, 0.6) is 5.75 Å². The number of nitrogens with one attached hydrogen (secondary N) is 1. The summed E-state index contributed by atoms with van der Waals surface area (Å²) in [4.78, 5) is 34.9. The highest BCUT2D eigenvalue weighted by molar-refractivity contribution is 7.20. The Bertz CT molecular complexity index is 1290. The second-order valence-corrected chi connectivity index (χ2v) is 8.19. The maximum Gasteiger partial charge on any atom is 0.414 e. The van der Waals surface area contributed by atoms with Gasteiger partial charge in [0.1, 0.15) is 46.1 Å². The molecule has 164 valence electrons. The molecule has 2 aliphatic heterocycles. The molecule has 1 atom stereocenters. The average molecular weight is 456 g/mol. The first-order valence-corrected chi connectivity index (χ1v) is 10.5. The first-order valence-electron chi connectivity index (χ1n) is 9.65. The van der Waals surface area contributed by atoms with E-state index < -0.39 is 24.0 Å². The van der Waals surface area contributed by atoms with Gasteiger partial charge in [-0.3, -0.25) is 4.90 Å². The Hall–Kier alpha value is -3.73. The van der Waals surface area contributed by atoms with Gasteiger partial charge in [0.15, 0.2) is 0 Å². The maximum atomic E-state index is 14.0. The highest BCUT2D eigenvalue weighted by Crippen LogP contribution is 2.37. The van der Waals surface area contributed by atoms with Crippen LogP contribution in [-0.4, -0.2) is 53.3 Å². The molecule has 2 aromatic heterocycles. The SMILES string of the molecule is COC(=O)c1sc2ncnc(Nc3ccc(F)cc3O[C@H]3C=C4COC(=O)N4C3)c2c1C. The van der Waals surface area contributed by atoms with Gasteiger partial charge < -0.3 is 19.5 Å². The number of rotatable bonds is 5. The van der Waals surface area contributed by atoms with Crippen LogP contribution in [0, 0.1) is 12.7 Å². The summed E-state index contributed by atoms with van der Waals surface area (Å²) in [5, 5.41) is 3.84. The Morgan fingerprint density at radius 3 is 3.00 bits per heavy atom. The molecule has 5 rings (SSSR count). The number of hydrogen-bond acceptors (Lipinski definition) is 9. The number of methoxy groups -OCH3 is 1. The molecule has 1 N–H and O–H groups in total. The molecule has 9 nitrogen and oxygen atoms in total. The molecule has 4 heterocycles. The van der Waals surface area contributed by atoms with E-state index in [0.29, 0.717) is 32.2 Å². The van der Waals surface area contributed by atoms with Crippen LogP contribution in [0.2, 0.25) is 0 Å². The number of aryl methyl sites for hydroxylation is 1. The van der Waals surface area contributed by atoms with Crippen molar-refractivity contribution in [1.29, 1.82) is 0 Å². The van der Waals surface area contributed by atoms with Crippen LogP contribution >= 0.6 is 11.3 Å². The van der Waals surface area contributed by atoms with Gasteiger partial charge in [-0.1, -0.05) is 0 Å². The van der Waals surface area contributed by atoms with Crippen molar-refractivity contribution in [3.8, 4) is 5.75 Å². The van der Waals surface area contributed by atoms with E-state index in [1.54, 1.807) is 19.1 Å². The number of esters is 1. The fraction of sp³-hybridized carbons (Fsp3) is 0.238. The number of anilines is 2. The van der Waals surface area contributed by atoms with Crippen LogP contribution in [0.3, 0.4) is 0 Å². The van der Waals surface area contributed by atoms with Gasteiger partial charge in [-0.15, -0.1) is 11.3 Å². The smallest absolute Gasteiger partial charge is 0.414 e. The predicted molar refractivity (Wildman–Crippen MR) is 114 cm³/mol. The van der Waals surface area contributed by atoms with Crippen LogP contribution < -0.4 is 10.1 Å². The van der Waals surface area contributed by atoms with Gasteiger partial charge in [-0.2, -0.15) is 0 Å². The van der Waals surface area contributed by atoms with E-state index in [1.165, 1.54) is 41.8 Å². The number of amides is 1. The standard InChI is InChI=1S/C21H17FN4O5S/c1-10-16-18(23-9-24-19(16)32-17(10)20(27)29-2)25-14-4-3-11(22)5-15(14)31-13-6-12-8-30-21(28)26(12)7-13/h3-6,9,13H,7-8H2,1-2H3,(H,23,24,25)/t13-/m0/s1. The van der Waals surface area contributed by atoms with Crippen molar-refractivity contribution in [1.82, 2.24) is 14.9 Å². The molecular weight excluding hydrogens is 439 g/mol. The molecule has 0 spiro atoms. The minimum Gasteiger partial charge on any atom is -0.482 e. The molecule has 0 saturated carbocycles. The highest BCUT2D eigenvalue weighted by Gasteiger charge is 2.36. The minimum atomic E-state index is -0.469. The van der Waals surface area contributed by atoms with Crippen molar-refractivity contribution < 1.29 is 28.2 Å². The Kier molecular flexibility index (Phi) is 4.89. The molecule has 2 aliphatic rings. The molecule has 0 radical (unpaired) electrons. The van der Waals surface area contributed by atoms with E-state index in [2.05, 4.69) is 15.3 Å². The van der Waals surface area contributed by atoms with Crippen LogP contribution in [-0.2, 0) is 9.47 Å². The Labute approximate surface area is 185 Å². The van der Waals surface area contributed by atoms with Gasteiger partial charge >= 0.3 is 12.1 Å². The summed E-state index contributed by atoms with van der Waals surface area (Å²) in [5.74, 6) is -0.210. The van der Waals surface area contributed by atoms with Crippen molar-refractivity contribution in [3.63, 3.8) is 0 Å². The number of halogens is 1. The number of nitrogens with zero attached hydrogens (tertiary/aromatic N) is 3. The van der Waals surface area contributed by atoms with Crippen molar-refractivity contribution >= 4 is 45.1 Å². The molecule has 1 saturated heterocycles. The number of carbonyl (C=O) groups is 2. The lowest BCUT2D eigenvalue weighted by Gasteiger charge is -2.18. The Balaban J connectivity index is 1.47. The third-order valence-electron chi connectivity index (χ3n) is 5.22. The minimum absolute atomic E-state index is 0.200. The summed E-state index contributed by atoms with van der Waals surface area (Å²) in [6, 6.07) is 4.11. The fourth-order valence-corrected chi connectivity index (χ4v) is 4.77. The molecule has 0 bridgehead atoms. The number of aromatic nitrogens is 2. The molecule has 32 heavy (non-hydrogen) atoms. The number of hydrogen-bond donors (Lipinski definition) is 1. The second-order valence-electron chi connectivity index (χ2n) is 7.20.